The lowest BCUT2D eigenvalue weighted by Crippen LogP contribution is -2.19. The molecular formula is C16H19ClFIN2. The van der Waals surface area contributed by atoms with Gasteiger partial charge in [-0.3, -0.25) is 0 Å². The van der Waals surface area contributed by atoms with Crippen LogP contribution < -0.4 is 0 Å². The van der Waals surface area contributed by atoms with E-state index in [-0.39, 0.29) is 11.2 Å². The third-order valence-electron chi connectivity index (χ3n) is 4.47. The van der Waals surface area contributed by atoms with E-state index in [2.05, 4.69) is 16.5 Å². The second-order valence-corrected chi connectivity index (χ2v) is 7.94. The average molecular weight is 421 g/mol. The Morgan fingerprint density at radius 3 is 2.62 bits per heavy atom. The van der Waals surface area contributed by atoms with Gasteiger partial charge in [-0.15, -0.1) is 11.6 Å². The summed E-state index contributed by atoms with van der Waals surface area (Å²) in [7, 11) is 0. The van der Waals surface area contributed by atoms with Crippen molar-refractivity contribution in [3.8, 4) is 0 Å². The van der Waals surface area contributed by atoms with Gasteiger partial charge in [-0.25, -0.2) is 9.37 Å². The van der Waals surface area contributed by atoms with Crippen molar-refractivity contribution in [1.29, 1.82) is 0 Å². The second-order valence-electron chi connectivity index (χ2n) is 6.12. The van der Waals surface area contributed by atoms with Crippen LogP contribution in [-0.4, -0.2) is 9.55 Å². The molecule has 1 aromatic carbocycles. The number of rotatable bonds is 2. The number of benzene rings is 1. The number of imidazole rings is 1. The van der Waals surface area contributed by atoms with Gasteiger partial charge < -0.3 is 4.57 Å². The smallest absolute Gasteiger partial charge is 0.138 e. The lowest BCUT2D eigenvalue weighted by atomic mass is 9.87. The predicted octanol–water partition coefficient (Wildman–Crippen LogP) is 5.83. The first-order chi connectivity index (χ1) is 9.97. The Hall–Kier alpha value is -0.360. The van der Waals surface area contributed by atoms with E-state index in [4.69, 9.17) is 11.6 Å². The highest BCUT2D eigenvalue weighted by Crippen LogP contribution is 2.37. The zero-order valence-electron chi connectivity index (χ0n) is 12.2. The summed E-state index contributed by atoms with van der Waals surface area (Å²) in [5.74, 6) is 1.47. The van der Waals surface area contributed by atoms with E-state index >= 15 is 0 Å². The molecule has 0 spiro atoms. The number of alkyl halides is 1. The summed E-state index contributed by atoms with van der Waals surface area (Å²) in [5, 5.41) is -0.169. The number of hydrogen-bond donors (Lipinski definition) is 0. The van der Waals surface area contributed by atoms with Gasteiger partial charge in [0.2, 0.25) is 0 Å². The highest BCUT2D eigenvalue weighted by atomic mass is 127. The molecule has 0 amide bonds. The lowest BCUT2D eigenvalue weighted by Gasteiger charge is -2.29. The highest BCUT2D eigenvalue weighted by Gasteiger charge is 2.26. The number of nitrogens with zero attached hydrogens (tertiary/aromatic N) is 2. The molecule has 1 unspecified atom stereocenters. The summed E-state index contributed by atoms with van der Waals surface area (Å²) in [6.07, 6.45) is 4.67. The fourth-order valence-electron chi connectivity index (χ4n) is 3.27. The summed E-state index contributed by atoms with van der Waals surface area (Å²) < 4.78 is 16.8. The molecule has 21 heavy (non-hydrogen) atoms. The standard InChI is InChI=1S/C16H19ClFIN2/c1-9-3-5-11(6-4-9)21-15-7-12(18)13(19)8-14(15)20-16(21)10(2)17/h7-11H,3-6H2,1-2H3. The Morgan fingerprint density at radius 2 is 2.00 bits per heavy atom. The van der Waals surface area contributed by atoms with Gasteiger partial charge in [0, 0.05) is 12.1 Å². The van der Waals surface area contributed by atoms with Crippen molar-refractivity contribution in [2.75, 3.05) is 0 Å². The Bertz CT molecular complexity index is 660. The molecule has 3 rings (SSSR count). The van der Waals surface area contributed by atoms with Gasteiger partial charge in [-0.05, 0) is 67.2 Å². The molecule has 0 aliphatic heterocycles. The van der Waals surface area contributed by atoms with Crippen molar-refractivity contribution in [2.45, 2.75) is 50.9 Å². The largest absolute Gasteiger partial charge is 0.324 e. The minimum absolute atomic E-state index is 0.169. The maximum atomic E-state index is 14.0. The van der Waals surface area contributed by atoms with Crippen LogP contribution in [0.25, 0.3) is 11.0 Å². The predicted molar refractivity (Wildman–Crippen MR) is 93.3 cm³/mol. The van der Waals surface area contributed by atoms with E-state index in [9.17, 15) is 4.39 Å². The SMILES string of the molecule is CC1CCC(n2c(C(C)Cl)nc3cc(I)c(F)cc32)CC1. The Morgan fingerprint density at radius 1 is 1.33 bits per heavy atom. The molecule has 2 nitrogen and oxygen atoms in total. The molecule has 0 bridgehead atoms. The molecule has 1 aromatic heterocycles. The van der Waals surface area contributed by atoms with Crippen LogP contribution in [0.3, 0.4) is 0 Å². The first-order valence-electron chi connectivity index (χ1n) is 7.48. The average Bonchev–Trinajstić information content (AvgIpc) is 2.79. The molecule has 2 aromatic rings. The van der Waals surface area contributed by atoms with Crippen LogP contribution in [0.15, 0.2) is 12.1 Å². The van der Waals surface area contributed by atoms with Gasteiger partial charge in [-0.1, -0.05) is 6.92 Å². The Kier molecular flexibility index (Phi) is 4.46. The number of hydrogen-bond acceptors (Lipinski definition) is 1. The topological polar surface area (TPSA) is 17.8 Å². The van der Waals surface area contributed by atoms with Gasteiger partial charge in [0.15, 0.2) is 0 Å². The van der Waals surface area contributed by atoms with Crippen LogP contribution in [0.1, 0.15) is 56.8 Å². The number of aromatic nitrogens is 2. The monoisotopic (exact) mass is 420 g/mol. The summed E-state index contributed by atoms with van der Waals surface area (Å²) in [4.78, 5) is 4.67. The third-order valence-corrected chi connectivity index (χ3v) is 5.49. The fraction of sp³-hybridized carbons (Fsp3) is 0.562. The molecule has 1 aliphatic rings. The number of fused-ring (bicyclic) bond motifs is 1. The van der Waals surface area contributed by atoms with Crippen molar-refractivity contribution in [3.05, 3.63) is 27.3 Å². The first-order valence-corrected chi connectivity index (χ1v) is 9.00. The van der Waals surface area contributed by atoms with Gasteiger partial charge in [0.1, 0.15) is 11.6 Å². The van der Waals surface area contributed by atoms with E-state index < -0.39 is 0 Å². The van der Waals surface area contributed by atoms with Gasteiger partial charge in [-0.2, -0.15) is 0 Å². The van der Waals surface area contributed by atoms with E-state index in [1.807, 2.05) is 35.6 Å². The summed E-state index contributed by atoms with van der Waals surface area (Å²) in [6, 6.07) is 3.82. The molecule has 114 valence electrons. The van der Waals surface area contributed by atoms with Crippen LogP contribution in [0.4, 0.5) is 4.39 Å². The van der Waals surface area contributed by atoms with Gasteiger partial charge in [0.25, 0.3) is 0 Å². The molecule has 0 radical (unpaired) electrons. The summed E-state index contributed by atoms with van der Waals surface area (Å²) >= 11 is 8.34. The molecule has 1 aliphatic carbocycles. The summed E-state index contributed by atoms with van der Waals surface area (Å²) in [5.41, 5.74) is 1.73. The maximum Gasteiger partial charge on any atom is 0.138 e. The highest BCUT2D eigenvalue weighted by molar-refractivity contribution is 14.1. The van der Waals surface area contributed by atoms with E-state index in [0.29, 0.717) is 9.61 Å². The molecule has 0 N–H and O–H groups in total. The molecule has 0 saturated heterocycles. The quantitative estimate of drug-likeness (QED) is 0.441. The zero-order chi connectivity index (χ0) is 15.1. The minimum Gasteiger partial charge on any atom is -0.324 e. The van der Waals surface area contributed by atoms with Crippen LogP contribution in [0, 0.1) is 15.3 Å². The van der Waals surface area contributed by atoms with E-state index in [1.165, 1.54) is 12.8 Å². The molecule has 5 heteroatoms. The van der Waals surface area contributed by atoms with Crippen LogP contribution in [-0.2, 0) is 0 Å². The molecule has 1 atom stereocenters. The van der Waals surface area contributed by atoms with Crippen molar-refractivity contribution < 1.29 is 4.39 Å². The lowest BCUT2D eigenvalue weighted by molar-refractivity contribution is 0.289. The van der Waals surface area contributed by atoms with E-state index in [1.54, 1.807) is 6.07 Å². The minimum atomic E-state index is -0.179. The van der Waals surface area contributed by atoms with Crippen molar-refractivity contribution >= 4 is 45.2 Å². The fourth-order valence-corrected chi connectivity index (χ4v) is 3.88. The van der Waals surface area contributed by atoms with Crippen LogP contribution >= 0.6 is 34.2 Å². The molecule has 1 fully saturated rings. The third kappa shape index (κ3) is 2.93. The molecule has 1 saturated carbocycles. The first kappa shape index (κ1) is 15.5. The van der Waals surface area contributed by atoms with Crippen molar-refractivity contribution in [3.63, 3.8) is 0 Å². The Balaban J connectivity index is 2.14. The number of halogens is 3. The van der Waals surface area contributed by atoms with Crippen LogP contribution in [0.5, 0.6) is 0 Å². The second kappa shape index (κ2) is 6.03. The van der Waals surface area contributed by atoms with Crippen molar-refractivity contribution in [2.24, 2.45) is 5.92 Å². The maximum absolute atomic E-state index is 14.0. The summed E-state index contributed by atoms with van der Waals surface area (Å²) in [6.45, 7) is 4.24. The van der Waals surface area contributed by atoms with Crippen LogP contribution in [0.2, 0.25) is 0 Å². The van der Waals surface area contributed by atoms with Gasteiger partial charge >= 0.3 is 0 Å². The van der Waals surface area contributed by atoms with Crippen molar-refractivity contribution in [1.82, 2.24) is 9.55 Å². The van der Waals surface area contributed by atoms with E-state index in [0.717, 1.165) is 35.6 Å². The molecular weight excluding hydrogens is 402 g/mol. The normalized spacial score (nSPS) is 24.4. The zero-order valence-corrected chi connectivity index (χ0v) is 15.2. The molecule has 1 heterocycles. The van der Waals surface area contributed by atoms with Gasteiger partial charge in [0.05, 0.1) is 20.0 Å². The Labute approximate surface area is 143 Å².